The average molecular weight is 272 g/mol. The quantitative estimate of drug-likeness (QED) is 0.509. The lowest BCUT2D eigenvalue weighted by atomic mass is 10.1. The van der Waals surface area contributed by atoms with Crippen molar-refractivity contribution in [3.8, 4) is 0 Å². The van der Waals surface area contributed by atoms with Crippen LogP contribution >= 0.6 is 15.9 Å². The van der Waals surface area contributed by atoms with Gasteiger partial charge in [0, 0.05) is 35.9 Å². The van der Waals surface area contributed by atoms with E-state index in [0.717, 1.165) is 10.9 Å². The summed E-state index contributed by atoms with van der Waals surface area (Å²) in [7, 11) is 1.62. The first-order valence-electron chi connectivity index (χ1n) is 4.72. The fourth-order valence-corrected chi connectivity index (χ4v) is 1.64. The normalized spacial score (nSPS) is 10.3. The molecule has 0 fully saturated rings. The van der Waals surface area contributed by atoms with Gasteiger partial charge < -0.3 is 10.5 Å². The van der Waals surface area contributed by atoms with Gasteiger partial charge in [-0.05, 0) is 24.6 Å². The van der Waals surface area contributed by atoms with E-state index >= 15 is 0 Å². The minimum absolute atomic E-state index is 0.0610. The van der Waals surface area contributed by atoms with E-state index in [0.29, 0.717) is 24.3 Å². The molecule has 0 aliphatic carbocycles. The third-order valence-electron chi connectivity index (χ3n) is 2.07. The SMILES string of the molecule is COCCCC(=O)c1cc(Br)ccc1N. The molecule has 15 heavy (non-hydrogen) atoms. The van der Waals surface area contributed by atoms with Crippen LogP contribution in [0.5, 0.6) is 0 Å². The first-order valence-corrected chi connectivity index (χ1v) is 5.51. The number of anilines is 1. The topological polar surface area (TPSA) is 52.3 Å². The molecule has 2 N–H and O–H groups in total. The molecular weight excluding hydrogens is 258 g/mol. The Bertz CT molecular complexity index is 352. The summed E-state index contributed by atoms with van der Waals surface area (Å²) in [5.74, 6) is 0.0610. The van der Waals surface area contributed by atoms with Crippen LogP contribution in [0.2, 0.25) is 0 Å². The smallest absolute Gasteiger partial charge is 0.165 e. The monoisotopic (exact) mass is 271 g/mol. The van der Waals surface area contributed by atoms with Crippen molar-refractivity contribution in [2.75, 3.05) is 19.5 Å². The maximum atomic E-state index is 11.7. The number of halogens is 1. The Kier molecular flexibility index (Phi) is 4.78. The fourth-order valence-electron chi connectivity index (χ4n) is 1.28. The summed E-state index contributed by atoms with van der Waals surface area (Å²) in [5, 5.41) is 0. The second kappa shape index (κ2) is 5.88. The van der Waals surface area contributed by atoms with Gasteiger partial charge in [-0.15, -0.1) is 0 Å². The van der Waals surface area contributed by atoms with Crippen LogP contribution in [0.15, 0.2) is 22.7 Å². The Hall–Kier alpha value is -0.870. The number of Topliss-reactive ketones (excluding diaryl/α,β-unsaturated/α-hetero) is 1. The molecule has 82 valence electrons. The van der Waals surface area contributed by atoms with Crippen molar-refractivity contribution >= 4 is 27.4 Å². The molecule has 0 spiro atoms. The number of hydrogen-bond acceptors (Lipinski definition) is 3. The fraction of sp³-hybridized carbons (Fsp3) is 0.364. The highest BCUT2D eigenvalue weighted by Gasteiger charge is 2.09. The van der Waals surface area contributed by atoms with Crippen LogP contribution < -0.4 is 5.73 Å². The van der Waals surface area contributed by atoms with Crippen molar-refractivity contribution < 1.29 is 9.53 Å². The van der Waals surface area contributed by atoms with E-state index in [1.807, 2.05) is 6.07 Å². The van der Waals surface area contributed by atoms with Crippen molar-refractivity contribution in [2.45, 2.75) is 12.8 Å². The molecule has 0 saturated heterocycles. The van der Waals surface area contributed by atoms with Gasteiger partial charge in [-0.25, -0.2) is 0 Å². The van der Waals surface area contributed by atoms with Gasteiger partial charge in [0.25, 0.3) is 0 Å². The minimum atomic E-state index is 0.0610. The first-order chi connectivity index (χ1) is 7.15. The molecule has 0 amide bonds. The Morgan fingerprint density at radius 2 is 2.27 bits per heavy atom. The van der Waals surface area contributed by atoms with E-state index in [1.54, 1.807) is 19.2 Å². The maximum absolute atomic E-state index is 11.7. The molecule has 3 nitrogen and oxygen atoms in total. The van der Waals surface area contributed by atoms with Crippen molar-refractivity contribution in [1.29, 1.82) is 0 Å². The molecule has 1 aromatic rings. The number of ketones is 1. The third kappa shape index (κ3) is 3.64. The second-order valence-corrected chi connectivity index (χ2v) is 4.17. The Morgan fingerprint density at radius 1 is 1.53 bits per heavy atom. The number of carbonyl (C=O) groups excluding carboxylic acids is 1. The van der Waals surface area contributed by atoms with Crippen molar-refractivity contribution in [1.82, 2.24) is 0 Å². The third-order valence-corrected chi connectivity index (χ3v) is 2.56. The molecule has 0 bridgehead atoms. The predicted molar refractivity (Wildman–Crippen MR) is 64.0 cm³/mol. The molecule has 0 atom stereocenters. The van der Waals surface area contributed by atoms with Gasteiger partial charge in [-0.2, -0.15) is 0 Å². The van der Waals surface area contributed by atoms with Crippen molar-refractivity contribution in [3.05, 3.63) is 28.2 Å². The summed E-state index contributed by atoms with van der Waals surface area (Å²) in [5.41, 5.74) is 6.83. The number of ether oxygens (including phenoxy) is 1. The number of rotatable bonds is 5. The maximum Gasteiger partial charge on any atom is 0.165 e. The Balaban J connectivity index is 2.68. The first kappa shape index (κ1) is 12.2. The number of nitrogens with two attached hydrogens (primary N) is 1. The summed E-state index contributed by atoms with van der Waals surface area (Å²) in [6, 6.07) is 5.30. The summed E-state index contributed by atoms with van der Waals surface area (Å²) in [6.07, 6.45) is 1.19. The van der Waals surface area contributed by atoms with E-state index in [9.17, 15) is 4.79 Å². The van der Waals surface area contributed by atoms with Crippen molar-refractivity contribution in [2.24, 2.45) is 0 Å². The van der Waals surface area contributed by atoms with Gasteiger partial charge in [0.15, 0.2) is 5.78 Å². The summed E-state index contributed by atoms with van der Waals surface area (Å²) >= 11 is 3.31. The number of carbonyl (C=O) groups is 1. The molecular formula is C11H14BrNO2. The number of hydrogen-bond donors (Lipinski definition) is 1. The lowest BCUT2D eigenvalue weighted by Crippen LogP contribution is -2.05. The summed E-state index contributed by atoms with van der Waals surface area (Å²) < 4.78 is 5.76. The van der Waals surface area contributed by atoms with Gasteiger partial charge in [0.1, 0.15) is 0 Å². The van der Waals surface area contributed by atoms with Crippen LogP contribution in [0.3, 0.4) is 0 Å². The zero-order valence-electron chi connectivity index (χ0n) is 8.63. The van der Waals surface area contributed by atoms with Gasteiger partial charge in [-0.3, -0.25) is 4.79 Å². The van der Waals surface area contributed by atoms with E-state index < -0.39 is 0 Å². The van der Waals surface area contributed by atoms with Gasteiger partial charge in [-0.1, -0.05) is 15.9 Å². The molecule has 0 saturated carbocycles. The van der Waals surface area contributed by atoms with Gasteiger partial charge >= 0.3 is 0 Å². The molecule has 0 aliphatic rings. The van der Waals surface area contributed by atoms with E-state index in [1.165, 1.54) is 0 Å². The summed E-state index contributed by atoms with van der Waals surface area (Å²) in [6.45, 7) is 0.597. The molecule has 0 aliphatic heterocycles. The lowest BCUT2D eigenvalue weighted by Gasteiger charge is -2.05. The highest BCUT2D eigenvalue weighted by atomic mass is 79.9. The van der Waals surface area contributed by atoms with Crippen LogP contribution in [-0.4, -0.2) is 19.5 Å². The predicted octanol–water partition coefficient (Wildman–Crippen LogP) is 2.64. The number of methoxy groups -OCH3 is 1. The van der Waals surface area contributed by atoms with Crippen LogP contribution in [-0.2, 0) is 4.74 Å². The standard InChI is InChI=1S/C11H14BrNO2/c1-15-6-2-3-11(14)9-7-8(12)4-5-10(9)13/h4-5,7H,2-3,6,13H2,1H3. The average Bonchev–Trinajstić information content (AvgIpc) is 2.22. The molecule has 0 radical (unpaired) electrons. The number of benzene rings is 1. The summed E-state index contributed by atoms with van der Waals surface area (Å²) in [4.78, 5) is 11.7. The van der Waals surface area contributed by atoms with E-state index in [-0.39, 0.29) is 5.78 Å². The van der Waals surface area contributed by atoms with Gasteiger partial charge in [0.2, 0.25) is 0 Å². The molecule has 4 heteroatoms. The lowest BCUT2D eigenvalue weighted by molar-refractivity contribution is 0.0964. The molecule has 0 heterocycles. The highest BCUT2D eigenvalue weighted by molar-refractivity contribution is 9.10. The van der Waals surface area contributed by atoms with Crippen LogP contribution in [0.4, 0.5) is 5.69 Å². The highest BCUT2D eigenvalue weighted by Crippen LogP contribution is 2.20. The van der Waals surface area contributed by atoms with E-state index in [2.05, 4.69) is 15.9 Å². The van der Waals surface area contributed by atoms with Crippen LogP contribution in [0.25, 0.3) is 0 Å². The number of nitrogen functional groups attached to an aromatic ring is 1. The molecule has 0 unspecified atom stereocenters. The molecule has 1 aromatic carbocycles. The largest absolute Gasteiger partial charge is 0.398 e. The van der Waals surface area contributed by atoms with Crippen LogP contribution in [0.1, 0.15) is 23.2 Å². The zero-order chi connectivity index (χ0) is 11.3. The van der Waals surface area contributed by atoms with Crippen molar-refractivity contribution in [3.63, 3.8) is 0 Å². The Labute approximate surface area is 97.7 Å². The Morgan fingerprint density at radius 3 is 2.93 bits per heavy atom. The minimum Gasteiger partial charge on any atom is -0.398 e. The molecule has 1 rings (SSSR count). The zero-order valence-corrected chi connectivity index (χ0v) is 10.2. The second-order valence-electron chi connectivity index (χ2n) is 3.25. The van der Waals surface area contributed by atoms with Crippen LogP contribution in [0, 0.1) is 0 Å². The van der Waals surface area contributed by atoms with E-state index in [4.69, 9.17) is 10.5 Å². The van der Waals surface area contributed by atoms with Gasteiger partial charge in [0.05, 0.1) is 0 Å². The molecule has 0 aromatic heterocycles.